The zero-order valence-corrected chi connectivity index (χ0v) is 18.2. The molecule has 1 amide bonds. The molecule has 3 fully saturated rings. The van der Waals surface area contributed by atoms with Crippen molar-refractivity contribution in [3.8, 4) is 0 Å². The maximum atomic E-state index is 14.1. The number of anilines is 2. The number of carbonyl (C=O) groups is 1. The van der Waals surface area contributed by atoms with Gasteiger partial charge < -0.3 is 9.80 Å². The van der Waals surface area contributed by atoms with Crippen LogP contribution < -0.4 is 9.80 Å². The number of carbonyl (C=O) groups excluding carboxylic acids is 1. The summed E-state index contributed by atoms with van der Waals surface area (Å²) in [4.78, 5) is 16.6. The summed E-state index contributed by atoms with van der Waals surface area (Å²) in [6.07, 6.45) is 6.72. The van der Waals surface area contributed by atoms with E-state index in [-0.39, 0.29) is 11.6 Å². The third kappa shape index (κ3) is 3.07. The molecule has 1 saturated carbocycles. The van der Waals surface area contributed by atoms with Crippen molar-refractivity contribution in [2.24, 2.45) is 11.3 Å². The fourth-order valence-corrected chi connectivity index (χ4v) is 5.32. The maximum absolute atomic E-state index is 14.1. The van der Waals surface area contributed by atoms with E-state index in [2.05, 4.69) is 15.1 Å². The summed E-state index contributed by atoms with van der Waals surface area (Å²) in [5.41, 5.74) is 1.22. The van der Waals surface area contributed by atoms with Gasteiger partial charge in [0.25, 0.3) is 0 Å². The number of hydrogen-bond donors (Lipinski definition) is 0. The number of piperidine rings is 1. The third-order valence-electron chi connectivity index (χ3n) is 7.16. The minimum Gasteiger partial charge on any atom is -0.370 e. The molecule has 0 bridgehead atoms. The number of amides is 1. The fraction of sp³-hybridized carbons (Fsp3) is 0.435. The normalized spacial score (nSPS) is 20.3. The van der Waals surface area contributed by atoms with Crippen LogP contribution in [0.4, 0.5) is 20.2 Å². The number of halogens is 3. The van der Waals surface area contributed by atoms with E-state index in [1.54, 1.807) is 0 Å². The molecule has 166 valence electrons. The van der Waals surface area contributed by atoms with Crippen LogP contribution in [0.25, 0.3) is 5.65 Å². The SMILES string of the molecule is O=C1N(c2ccc(F)cc2F)CC12CCN(c1ccn3c(CC4CC4)nnc3c1Cl)CC2. The second-order valence-electron chi connectivity index (χ2n) is 9.23. The van der Waals surface area contributed by atoms with Gasteiger partial charge in [0.2, 0.25) is 5.91 Å². The van der Waals surface area contributed by atoms with Crippen molar-refractivity contribution in [3.05, 3.63) is 52.9 Å². The monoisotopic (exact) mass is 457 g/mol. The van der Waals surface area contributed by atoms with E-state index in [9.17, 15) is 13.6 Å². The van der Waals surface area contributed by atoms with Crippen molar-refractivity contribution in [1.29, 1.82) is 0 Å². The second kappa shape index (κ2) is 7.13. The average molecular weight is 458 g/mol. The van der Waals surface area contributed by atoms with Gasteiger partial charge in [0, 0.05) is 38.3 Å². The van der Waals surface area contributed by atoms with Crippen LogP contribution in [0.3, 0.4) is 0 Å². The lowest BCUT2D eigenvalue weighted by molar-refractivity contribution is -0.136. The Morgan fingerprint density at radius 3 is 2.56 bits per heavy atom. The van der Waals surface area contributed by atoms with Gasteiger partial charge in [0.05, 0.1) is 16.8 Å². The van der Waals surface area contributed by atoms with Gasteiger partial charge in [0.15, 0.2) is 5.65 Å². The zero-order valence-electron chi connectivity index (χ0n) is 17.4. The standard InChI is InChI=1S/C23H22ClF2N5O/c24-20-18(5-8-30-19(11-14-1-2-14)27-28-21(20)30)29-9-6-23(7-10-29)13-31(22(23)32)17-4-3-15(25)12-16(17)26/h3-5,8,12,14H,1-2,6-7,9-11,13H2. The summed E-state index contributed by atoms with van der Waals surface area (Å²) < 4.78 is 29.3. The lowest BCUT2D eigenvalue weighted by Crippen LogP contribution is -2.65. The molecular weight excluding hydrogens is 436 g/mol. The van der Waals surface area contributed by atoms with Crippen molar-refractivity contribution in [2.75, 3.05) is 29.4 Å². The highest BCUT2D eigenvalue weighted by Crippen LogP contribution is 2.46. The lowest BCUT2D eigenvalue weighted by atomic mass is 9.70. The van der Waals surface area contributed by atoms with Crippen LogP contribution in [0.2, 0.25) is 5.02 Å². The zero-order chi connectivity index (χ0) is 22.0. The summed E-state index contributed by atoms with van der Waals surface area (Å²) in [5, 5.41) is 9.22. The molecule has 0 N–H and O–H groups in total. The van der Waals surface area contributed by atoms with Crippen molar-refractivity contribution in [1.82, 2.24) is 14.6 Å². The molecule has 0 radical (unpaired) electrons. The van der Waals surface area contributed by atoms with E-state index < -0.39 is 17.0 Å². The molecule has 3 aliphatic rings. The maximum Gasteiger partial charge on any atom is 0.235 e. The molecule has 32 heavy (non-hydrogen) atoms. The van der Waals surface area contributed by atoms with Gasteiger partial charge in [-0.1, -0.05) is 11.6 Å². The minimum absolute atomic E-state index is 0.0913. The van der Waals surface area contributed by atoms with Crippen LogP contribution in [0, 0.1) is 23.0 Å². The number of aromatic nitrogens is 3. The number of nitrogens with zero attached hydrogens (tertiary/aromatic N) is 5. The van der Waals surface area contributed by atoms with Gasteiger partial charge in [0.1, 0.15) is 22.5 Å². The first kappa shape index (κ1) is 19.9. The predicted octanol–water partition coefficient (Wildman–Crippen LogP) is 4.25. The Labute approximate surface area is 188 Å². The Kier molecular flexibility index (Phi) is 4.44. The minimum atomic E-state index is -0.708. The average Bonchev–Trinajstić information content (AvgIpc) is 3.51. The molecule has 1 aliphatic carbocycles. The largest absolute Gasteiger partial charge is 0.370 e. The molecular formula is C23H22ClF2N5O. The van der Waals surface area contributed by atoms with Gasteiger partial charge in [-0.15, -0.1) is 10.2 Å². The Morgan fingerprint density at radius 2 is 1.88 bits per heavy atom. The highest BCUT2D eigenvalue weighted by atomic mass is 35.5. The molecule has 1 aromatic carbocycles. The van der Waals surface area contributed by atoms with Crippen LogP contribution in [-0.4, -0.2) is 40.1 Å². The van der Waals surface area contributed by atoms with Crippen LogP contribution >= 0.6 is 11.6 Å². The molecule has 6 rings (SSSR count). The molecule has 0 unspecified atom stereocenters. The van der Waals surface area contributed by atoms with E-state index in [0.717, 1.165) is 24.0 Å². The first-order valence-corrected chi connectivity index (χ1v) is 11.4. The predicted molar refractivity (Wildman–Crippen MR) is 117 cm³/mol. The number of pyridine rings is 1. The Morgan fingerprint density at radius 1 is 1.09 bits per heavy atom. The fourth-order valence-electron chi connectivity index (χ4n) is 5.01. The molecule has 4 heterocycles. The Bertz CT molecular complexity index is 1230. The molecule has 1 spiro atoms. The molecule has 6 nitrogen and oxygen atoms in total. The molecule has 2 aromatic heterocycles. The number of hydrogen-bond acceptors (Lipinski definition) is 4. The molecule has 2 saturated heterocycles. The summed E-state index contributed by atoms with van der Waals surface area (Å²) in [6.45, 7) is 1.79. The first-order chi connectivity index (χ1) is 15.4. The van der Waals surface area contributed by atoms with E-state index in [4.69, 9.17) is 11.6 Å². The van der Waals surface area contributed by atoms with Crippen molar-refractivity contribution in [3.63, 3.8) is 0 Å². The van der Waals surface area contributed by atoms with Gasteiger partial charge in [-0.05, 0) is 49.8 Å². The van der Waals surface area contributed by atoms with Crippen molar-refractivity contribution >= 4 is 34.5 Å². The lowest BCUT2D eigenvalue weighted by Gasteiger charge is -2.52. The molecule has 9 heteroatoms. The second-order valence-corrected chi connectivity index (χ2v) is 9.60. The van der Waals surface area contributed by atoms with E-state index in [0.29, 0.717) is 49.1 Å². The van der Waals surface area contributed by atoms with Gasteiger partial charge >= 0.3 is 0 Å². The summed E-state index contributed by atoms with van der Waals surface area (Å²) in [7, 11) is 0. The van der Waals surface area contributed by atoms with E-state index in [1.807, 2.05) is 16.7 Å². The first-order valence-electron chi connectivity index (χ1n) is 11.0. The molecule has 2 aliphatic heterocycles. The molecule has 0 atom stereocenters. The highest BCUT2D eigenvalue weighted by molar-refractivity contribution is 6.36. The van der Waals surface area contributed by atoms with Gasteiger partial charge in [-0.25, -0.2) is 8.78 Å². The number of rotatable bonds is 4. The topological polar surface area (TPSA) is 53.7 Å². The summed E-state index contributed by atoms with van der Waals surface area (Å²) >= 11 is 6.71. The van der Waals surface area contributed by atoms with Crippen LogP contribution in [0.5, 0.6) is 0 Å². The Hall–Kier alpha value is -2.74. The third-order valence-corrected chi connectivity index (χ3v) is 7.52. The van der Waals surface area contributed by atoms with E-state index >= 15 is 0 Å². The number of benzene rings is 1. The van der Waals surface area contributed by atoms with Crippen LogP contribution in [0.1, 0.15) is 31.5 Å². The van der Waals surface area contributed by atoms with Crippen molar-refractivity contribution < 1.29 is 13.6 Å². The Balaban J connectivity index is 1.17. The van der Waals surface area contributed by atoms with Crippen LogP contribution in [-0.2, 0) is 11.2 Å². The van der Waals surface area contributed by atoms with Crippen molar-refractivity contribution in [2.45, 2.75) is 32.1 Å². The molecule has 3 aromatic rings. The van der Waals surface area contributed by atoms with E-state index in [1.165, 1.54) is 29.9 Å². The van der Waals surface area contributed by atoms with Gasteiger partial charge in [-0.2, -0.15) is 0 Å². The number of β-lactam (4-membered cyclic amide) rings is 1. The number of fused-ring (bicyclic) bond motifs is 1. The van der Waals surface area contributed by atoms with Gasteiger partial charge in [-0.3, -0.25) is 9.20 Å². The highest BCUT2D eigenvalue weighted by Gasteiger charge is 2.54. The summed E-state index contributed by atoms with van der Waals surface area (Å²) in [6, 6.07) is 5.32. The summed E-state index contributed by atoms with van der Waals surface area (Å²) in [5.74, 6) is 0.207. The quantitative estimate of drug-likeness (QED) is 0.550. The smallest absolute Gasteiger partial charge is 0.235 e. The van der Waals surface area contributed by atoms with Crippen LogP contribution in [0.15, 0.2) is 30.5 Å².